The van der Waals surface area contributed by atoms with Crippen molar-refractivity contribution in [1.29, 1.82) is 0 Å². The van der Waals surface area contributed by atoms with Gasteiger partial charge in [0.15, 0.2) is 0 Å². The van der Waals surface area contributed by atoms with Crippen LogP contribution in [-0.4, -0.2) is 27.4 Å². The number of amides is 1. The second-order valence-electron chi connectivity index (χ2n) is 4.99. The Morgan fingerprint density at radius 2 is 2.05 bits per heavy atom. The molecule has 1 aliphatic heterocycles. The summed E-state index contributed by atoms with van der Waals surface area (Å²) in [5, 5.41) is 9.36. The third kappa shape index (κ3) is 2.37. The van der Waals surface area contributed by atoms with Crippen LogP contribution in [0.1, 0.15) is 34.8 Å². The molecule has 1 saturated heterocycles. The number of aromatic nitrogens is 1. The predicted molar refractivity (Wildman–Crippen MR) is 75.4 cm³/mol. The zero-order chi connectivity index (χ0) is 13.9. The van der Waals surface area contributed by atoms with Crippen molar-refractivity contribution in [3.05, 3.63) is 59.9 Å². The molecule has 0 bridgehead atoms. The minimum atomic E-state index is 0.0219. The number of carbonyl (C=O) groups excluding carboxylic acids is 1. The van der Waals surface area contributed by atoms with Crippen molar-refractivity contribution in [3.63, 3.8) is 0 Å². The Labute approximate surface area is 117 Å². The van der Waals surface area contributed by atoms with Crippen LogP contribution in [-0.2, 0) is 0 Å². The Morgan fingerprint density at radius 1 is 1.25 bits per heavy atom. The smallest absolute Gasteiger partial charge is 0.255 e. The number of hydrogen-bond acceptors (Lipinski definition) is 3. The standard InChI is InChI=1S/C16H16N2O2/c19-14-7-5-12(6-8-14)15-4-2-10-18(15)16(20)13-3-1-9-17-11-13/h1,3,5-9,11,15,19H,2,4,10H2. The van der Waals surface area contributed by atoms with Crippen LogP contribution in [0.3, 0.4) is 0 Å². The Morgan fingerprint density at radius 3 is 2.75 bits per heavy atom. The normalized spacial score (nSPS) is 18.2. The molecule has 0 spiro atoms. The maximum absolute atomic E-state index is 12.5. The summed E-state index contributed by atoms with van der Waals surface area (Å²) in [6.07, 6.45) is 5.22. The lowest BCUT2D eigenvalue weighted by Crippen LogP contribution is -2.30. The summed E-state index contributed by atoms with van der Waals surface area (Å²) in [6, 6.07) is 10.8. The molecule has 1 N–H and O–H groups in total. The molecule has 0 radical (unpaired) electrons. The predicted octanol–water partition coefficient (Wildman–Crippen LogP) is 2.76. The number of carbonyl (C=O) groups is 1. The summed E-state index contributed by atoms with van der Waals surface area (Å²) in [5.74, 6) is 0.269. The number of nitrogens with zero attached hydrogens (tertiary/aromatic N) is 2. The highest BCUT2D eigenvalue weighted by molar-refractivity contribution is 5.94. The lowest BCUT2D eigenvalue weighted by molar-refractivity contribution is 0.0735. The first-order valence-electron chi connectivity index (χ1n) is 6.75. The van der Waals surface area contributed by atoms with Gasteiger partial charge in [0.1, 0.15) is 5.75 Å². The zero-order valence-electron chi connectivity index (χ0n) is 11.1. The third-order valence-corrected chi connectivity index (χ3v) is 3.70. The Kier molecular flexibility index (Phi) is 3.37. The molecule has 1 unspecified atom stereocenters. The number of phenols is 1. The van der Waals surface area contributed by atoms with Gasteiger partial charge >= 0.3 is 0 Å². The zero-order valence-corrected chi connectivity index (χ0v) is 11.1. The highest BCUT2D eigenvalue weighted by Gasteiger charge is 2.30. The van der Waals surface area contributed by atoms with Crippen molar-refractivity contribution < 1.29 is 9.90 Å². The van der Waals surface area contributed by atoms with E-state index in [4.69, 9.17) is 0 Å². The highest BCUT2D eigenvalue weighted by Crippen LogP contribution is 2.33. The maximum Gasteiger partial charge on any atom is 0.255 e. The molecule has 1 aromatic carbocycles. The molecule has 0 saturated carbocycles. The van der Waals surface area contributed by atoms with Crippen molar-refractivity contribution in [2.45, 2.75) is 18.9 Å². The number of pyridine rings is 1. The summed E-state index contributed by atoms with van der Waals surface area (Å²) in [5.41, 5.74) is 1.69. The first-order chi connectivity index (χ1) is 9.75. The van der Waals surface area contributed by atoms with Crippen molar-refractivity contribution in [2.24, 2.45) is 0 Å². The van der Waals surface area contributed by atoms with Gasteiger partial charge in [-0.25, -0.2) is 0 Å². The van der Waals surface area contributed by atoms with Gasteiger partial charge in [0.25, 0.3) is 5.91 Å². The van der Waals surface area contributed by atoms with Gasteiger partial charge in [0, 0.05) is 18.9 Å². The van der Waals surface area contributed by atoms with E-state index >= 15 is 0 Å². The molecule has 1 aliphatic rings. The molecule has 1 aromatic heterocycles. The topological polar surface area (TPSA) is 53.4 Å². The van der Waals surface area contributed by atoms with Crippen molar-refractivity contribution in [2.75, 3.05) is 6.54 Å². The summed E-state index contributed by atoms with van der Waals surface area (Å²) in [6.45, 7) is 0.763. The lowest BCUT2D eigenvalue weighted by atomic mass is 10.0. The molecule has 20 heavy (non-hydrogen) atoms. The SMILES string of the molecule is O=C(c1cccnc1)N1CCCC1c1ccc(O)cc1. The van der Waals surface area contributed by atoms with Crippen molar-refractivity contribution >= 4 is 5.91 Å². The van der Waals surface area contributed by atoms with Gasteiger partial charge in [-0.3, -0.25) is 9.78 Å². The molecular formula is C16H16N2O2. The Hall–Kier alpha value is -2.36. The van der Waals surface area contributed by atoms with Gasteiger partial charge < -0.3 is 10.0 Å². The molecule has 0 aliphatic carbocycles. The van der Waals surface area contributed by atoms with Crippen LogP contribution < -0.4 is 0 Å². The van der Waals surface area contributed by atoms with E-state index in [9.17, 15) is 9.90 Å². The fourth-order valence-corrected chi connectivity index (χ4v) is 2.71. The van der Waals surface area contributed by atoms with E-state index in [1.807, 2.05) is 17.0 Å². The van der Waals surface area contributed by atoms with Crippen LogP contribution in [0.15, 0.2) is 48.8 Å². The Bertz CT molecular complexity index is 596. The molecule has 4 nitrogen and oxygen atoms in total. The lowest BCUT2D eigenvalue weighted by Gasteiger charge is -2.25. The molecule has 102 valence electrons. The van der Waals surface area contributed by atoms with Gasteiger partial charge in [-0.2, -0.15) is 0 Å². The minimum absolute atomic E-state index is 0.0219. The second kappa shape index (κ2) is 5.33. The van der Waals surface area contributed by atoms with Crippen LogP contribution >= 0.6 is 0 Å². The maximum atomic E-state index is 12.5. The van der Waals surface area contributed by atoms with Crippen LogP contribution in [0.5, 0.6) is 5.75 Å². The molecule has 1 amide bonds. The largest absolute Gasteiger partial charge is 0.508 e. The number of likely N-dealkylation sites (tertiary alicyclic amines) is 1. The average Bonchev–Trinajstić information content (AvgIpc) is 2.97. The van der Waals surface area contributed by atoms with Crippen LogP contribution in [0, 0.1) is 0 Å². The van der Waals surface area contributed by atoms with Gasteiger partial charge in [0.2, 0.25) is 0 Å². The molecule has 1 atom stereocenters. The number of aromatic hydroxyl groups is 1. The quantitative estimate of drug-likeness (QED) is 0.911. The molecule has 2 aromatic rings. The van der Waals surface area contributed by atoms with Gasteiger partial charge in [-0.05, 0) is 42.7 Å². The van der Waals surface area contributed by atoms with E-state index < -0.39 is 0 Å². The molecular weight excluding hydrogens is 252 g/mol. The fraction of sp³-hybridized carbons (Fsp3) is 0.250. The Balaban J connectivity index is 1.86. The van der Waals surface area contributed by atoms with Crippen molar-refractivity contribution in [3.8, 4) is 5.75 Å². The third-order valence-electron chi connectivity index (χ3n) is 3.70. The first-order valence-corrected chi connectivity index (χ1v) is 6.75. The van der Waals surface area contributed by atoms with Crippen LogP contribution in [0.2, 0.25) is 0 Å². The number of phenolic OH excluding ortho intramolecular Hbond substituents is 1. The molecule has 3 rings (SSSR count). The van der Waals surface area contributed by atoms with Gasteiger partial charge in [-0.1, -0.05) is 12.1 Å². The van der Waals surface area contributed by atoms with E-state index in [2.05, 4.69) is 4.98 Å². The van der Waals surface area contributed by atoms with E-state index in [1.54, 1.807) is 36.7 Å². The number of hydrogen-bond donors (Lipinski definition) is 1. The second-order valence-corrected chi connectivity index (χ2v) is 4.99. The molecule has 2 heterocycles. The van der Waals surface area contributed by atoms with Gasteiger partial charge in [0.05, 0.1) is 11.6 Å². The van der Waals surface area contributed by atoms with E-state index in [0.717, 1.165) is 24.9 Å². The van der Waals surface area contributed by atoms with E-state index in [1.165, 1.54) is 0 Å². The van der Waals surface area contributed by atoms with Crippen molar-refractivity contribution in [1.82, 2.24) is 9.88 Å². The molecule has 1 fully saturated rings. The van der Waals surface area contributed by atoms with Crippen LogP contribution in [0.25, 0.3) is 0 Å². The average molecular weight is 268 g/mol. The van der Waals surface area contributed by atoms with E-state index in [-0.39, 0.29) is 17.7 Å². The summed E-state index contributed by atoms with van der Waals surface area (Å²) < 4.78 is 0. The monoisotopic (exact) mass is 268 g/mol. The number of benzene rings is 1. The summed E-state index contributed by atoms with van der Waals surface area (Å²) in [4.78, 5) is 18.4. The van der Waals surface area contributed by atoms with Crippen LogP contribution in [0.4, 0.5) is 0 Å². The van der Waals surface area contributed by atoms with E-state index in [0.29, 0.717) is 5.56 Å². The number of rotatable bonds is 2. The highest BCUT2D eigenvalue weighted by atomic mass is 16.3. The van der Waals surface area contributed by atoms with Gasteiger partial charge in [-0.15, -0.1) is 0 Å². The fourth-order valence-electron chi connectivity index (χ4n) is 2.71. The summed E-state index contributed by atoms with van der Waals surface area (Å²) >= 11 is 0. The summed E-state index contributed by atoms with van der Waals surface area (Å²) in [7, 11) is 0. The first kappa shape index (κ1) is 12.7. The molecule has 4 heteroatoms. The minimum Gasteiger partial charge on any atom is -0.508 e.